The van der Waals surface area contributed by atoms with E-state index in [0.29, 0.717) is 36.4 Å². The summed E-state index contributed by atoms with van der Waals surface area (Å²) in [5, 5.41) is 0.862. The van der Waals surface area contributed by atoms with Crippen molar-refractivity contribution in [3.8, 4) is 5.75 Å². The van der Waals surface area contributed by atoms with Gasteiger partial charge in [0.25, 0.3) is 0 Å². The Labute approximate surface area is 152 Å². The molecule has 6 nitrogen and oxygen atoms in total. The molecule has 1 aromatic carbocycles. The van der Waals surface area contributed by atoms with Crippen LogP contribution in [-0.2, 0) is 16.0 Å². The maximum atomic E-state index is 12.6. The number of aryl methyl sites for hydroxylation is 1. The van der Waals surface area contributed by atoms with Crippen LogP contribution in [0.5, 0.6) is 5.75 Å². The maximum absolute atomic E-state index is 12.6. The van der Waals surface area contributed by atoms with E-state index in [1.165, 1.54) is 0 Å². The van der Waals surface area contributed by atoms with Gasteiger partial charge >= 0.3 is 5.63 Å². The van der Waals surface area contributed by atoms with Crippen molar-refractivity contribution in [3.63, 3.8) is 0 Å². The van der Waals surface area contributed by atoms with E-state index in [-0.39, 0.29) is 30.2 Å². The second kappa shape index (κ2) is 7.50. The number of fused-ring (bicyclic) bond motifs is 1. The van der Waals surface area contributed by atoms with Crippen molar-refractivity contribution in [2.45, 2.75) is 45.8 Å². The fraction of sp³-hybridized carbons (Fsp3) is 0.500. The number of hydrogen-bond donors (Lipinski definition) is 0. The average molecular weight is 359 g/mol. The molecule has 1 saturated heterocycles. The summed E-state index contributed by atoms with van der Waals surface area (Å²) in [5.74, 6) is 0.680. The van der Waals surface area contributed by atoms with Crippen molar-refractivity contribution in [1.82, 2.24) is 4.90 Å². The minimum absolute atomic E-state index is 0.0326. The summed E-state index contributed by atoms with van der Waals surface area (Å²) in [7, 11) is 1.57. The van der Waals surface area contributed by atoms with E-state index in [2.05, 4.69) is 0 Å². The Hall–Kier alpha value is -2.34. The molecule has 1 aliphatic rings. The highest BCUT2D eigenvalue weighted by Gasteiger charge is 2.26. The number of ether oxygens (including phenoxy) is 2. The van der Waals surface area contributed by atoms with E-state index in [9.17, 15) is 9.59 Å². The molecule has 2 aromatic rings. The van der Waals surface area contributed by atoms with Crippen molar-refractivity contribution >= 4 is 16.9 Å². The molecular weight excluding hydrogens is 334 g/mol. The van der Waals surface area contributed by atoms with Gasteiger partial charge in [-0.05, 0) is 44.9 Å². The summed E-state index contributed by atoms with van der Waals surface area (Å²) >= 11 is 0. The van der Waals surface area contributed by atoms with Crippen molar-refractivity contribution in [3.05, 3.63) is 39.7 Å². The first kappa shape index (κ1) is 18.5. The number of carbonyl (C=O) groups excluding carboxylic acids is 1. The second-order valence-corrected chi connectivity index (χ2v) is 6.91. The highest BCUT2D eigenvalue weighted by atomic mass is 16.5. The van der Waals surface area contributed by atoms with Crippen LogP contribution in [0.1, 0.15) is 31.4 Å². The lowest BCUT2D eigenvalue weighted by Gasteiger charge is -2.35. The van der Waals surface area contributed by atoms with Gasteiger partial charge < -0.3 is 18.8 Å². The largest absolute Gasteiger partial charge is 0.497 e. The summed E-state index contributed by atoms with van der Waals surface area (Å²) in [6.45, 7) is 7.01. The Morgan fingerprint density at radius 2 is 1.96 bits per heavy atom. The zero-order chi connectivity index (χ0) is 18.8. The molecule has 0 radical (unpaired) electrons. The first-order valence-corrected chi connectivity index (χ1v) is 8.92. The smallest absolute Gasteiger partial charge is 0.339 e. The molecule has 1 aliphatic heterocycles. The summed E-state index contributed by atoms with van der Waals surface area (Å²) in [4.78, 5) is 26.8. The fourth-order valence-electron chi connectivity index (χ4n) is 3.56. The van der Waals surface area contributed by atoms with Gasteiger partial charge in [-0.3, -0.25) is 4.79 Å². The predicted molar refractivity (Wildman–Crippen MR) is 98.7 cm³/mol. The van der Waals surface area contributed by atoms with Gasteiger partial charge in [-0.1, -0.05) is 0 Å². The van der Waals surface area contributed by atoms with Crippen molar-refractivity contribution in [1.29, 1.82) is 0 Å². The first-order valence-electron chi connectivity index (χ1n) is 8.92. The number of amides is 1. The van der Waals surface area contributed by atoms with E-state index in [1.54, 1.807) is 13.2 Å². The predicted octanol–water partition coefficient (Wildman–Crippen LogP) is 2.68. The molecule has 0 bridgehead atoms. The van der Waals surface area contributed by atoms with Crippen molar-refractivity contribution in [2.24, 2.45) is 0 Å². The third kappa shape index (κ3) is 3.75. The SMILES string of the molecule is COc1ccc2c(C)c(CCC(=O)N3CC(C)OC(C)C3)c(=O)oc2c1. The standard InChI is InChI=1S/C20H25NO5/c1-12-10-21(11-13(2)25-12)19(22)8-7-17-14(3)16-6-5-15(24-4)9-18(16)26-20(17)23/h5-6,9,12-13H,7-8,10-11H2,1-4H3. The Bertz CT molecular complexity index is 862. The lowest BCUT2D eigenvalue weighted by Crippen LogP contribution is -2.48. The van der Waals surface area contributed by atoms with E-state index < -0.39 is 0 Å². The molecule has 140 valence electrons. The summed E-state index contributed by atoms with van der Waals surface area (Å²) in [5.41, 5.74) is 1.53. The zero-order valence-corrected chi connectivity index (χ0v) is 15.7. The van der Waals surface area contributed by atoms with Crippen LogP contribution in [-0.4, -0.2) is 43.2 Å². The first-order chi connectivity index (χ1) is 12.4. The van der Waals surface area contributed by atoms with Gasteiger partial charge in [-0.25, -0.2) is 4.79 Å². The van der Waals surface area contributed by atoms with Crippen LogP contribution >= 0.6 is 0 Å². The summed E-state index contributed by atoms with van der Waals surface area (Å²) in [6, 6.07) is 5.42. The molecule has 0 saturated carbocycles. The van der Waals surface area contributed by atoms with E-state index in [4.69, 9.17) is 13.9 Å². The maximum Gasteiger partial charge on any atom is 0.339 e. The Morgan fingerprint density at radius 1 is 1.27 bits per heavy atom. The Morgan fingerprint density at radius 3 is 2.62 bits per heavy atom. The summed E-state index contributed by atoms with van der Waals surface area (Å²) < 4.78 is 16.3. The summed E-state index contributed by atoms with van der Waals surface area (Å²) in [6.07, 6.45) is 0.720. The number of morpholine rings is 1. The fourth-order valence-corrected chi connectivity index (χ4v) is 3.56. The minimum atomic E-state index is -0.389. The monoisotopic (exact) mass is 359 g/mol. The van der Waals surface area contributed by atoms with Crippen LogP contribution in [0.25, 0.3) is 11.0 Å². The number of carbonyl (C=O) groups is 1. The van der Waals surface area contributed by atoms with Gasteiger partial charge in [-0.15, -0.1) is 0 Å². The van der Waals surface area contributed by atoms with Gasteiger partial charge in [-0.2, -0.15) is 0 Å². The third-order valence-electron chi connectivity index (χ3n) is 4.86. The highest BCUT2D eigenvalue weighted by molar-refractivity contribution is 5.82. The molecule has 1 aromatic heterocycles. The molecule has 0 aliphatic carbocycles. The van der Waals surface area contributed by atoms with Gasteiger partial charge in [0.15, 0.2) is 0 Å². The average Bonchev–Trinajstić information content (AvgIpc) is 2.59. The molecule has 2 heterocycles. The number of hydrogen-bond acceptors (Lipinski definition) is 5. The van der Waals surface area contributed by atoms with Crippen molar-refractivity contribution in [2.75, 3.05) is 20.2 Å². The molecule has 2 atom stereocenters. The second-order valence-electron chi connectivity index (χ2n) is 6.91. The molecule has 2 unspecified atom stereocenters. The van der Waals surface area contributed by atoms with E-state index >= 15 is 0 Å². The topological polar surface area (TPSA) is 69.0 Å². The number of nitrogens with zero attached hydrogens (tertiary/aromatic N) is 1. The molecule has 1 amide bonds. The number of rotatable bonds is 4. The molecule has 0 spiro atoms. The van der Waals surface area contributed by atoms with Crippen LogP contribution in [0.2, 0.25) is 0 Å². The van der Waals surface area contributed by atoms with Gasteiger partial charge in [0.05, 0.1) is 19.3 Å². The third-order valence-corrected chi connectivity index (χ3v) is 4.86. The normalized spacial score (nSPS) is 20.4. The van der Waals surface area contributed by atoms with E-state index in [1.807, 2.05) is 37.8 Å². The van der Waals surface area contributed by atoms with Crippen LogP contribution in [0.4, 0.5) is 0 Å². The molecule has 0 N–H and O–H groups in total. The van der Waals surface area contributed by atoms with Crippen LogP contribution in [0, 0.1) is 6.92 Å². The van der Waals surface area contributed by atoms with Crippen molar-refractivity contribution < 1.29 is 18.7 Å². The zero-order valence-electron chi connectivity index (χ0n) is 15.7. The number of methoxy groups -OCH3 is 1. The van der Waals surface area contributed by atoms with Gasteiger partial charge in [0.1, 0.15) is 11.3 Å². The highest BCUT2D eigenvalue weighted by Crippen LogP contribution is 2.24. The van der Waals surface area contributed by atoms with Gasteiger partial charge in [0.2, 0.25) is 5.91 Å². The number of benzene rings is 1. The lowest BCUT2D eigenvalue weighted by atomic mass is 10.0. The van der Waals surface area contributed by atoms with Gasteiger partial charge in [0, 0.05) is 36.5 Å². The molecule has 26 heavy (non-hydrogen) atoms. The molecule has 6 heteroatoms. The molecule has 3 rings (SSSR count). The Balaban J connectivity index is 1.78. The molecular formula is C20H25NO5. The van der Waals surface area contributed by atoms with E-state index in [0.717, 1.165) is 10.9 Å². The molecule has 1 fully saturated rings. The Kier molecular flexibility index (Phi) is 5.32. The lowest BCUT2D eigenvalue weighted by molar-refractivity contribution is -0.143. The van der Waals surface area contributed by atoms with Crippen LogP contribution < -0.4 is 10.4 Å². The van der Waals surface area contributed by atoms with Crippen LogP contribution in [0.3, 0.4) is 0 Å². The quantitative estimate of drug-likeness (QED) is 0.785. The van der Waals surface area contributed by atoms with Crippen LogP contribution in [0.15, 0.2) is 27.4 Å². The minimum Gasteiger partial charge on any atom is -0.497 e.